The fourth-order valence-electron chi connectivity index (χ4n) is 1.62. The Hall–Kier alpha value is -0.0700. The maximum Gasteiger partial charge on any atom is 1.00 e. The Bertz CT molecular complexity index is 463. The van der Waals surface area contributed by atoms with Gasteiger partial charge in [0.25, 0.3) is 0 Å². The van der Waals surface area contributed by atoms with Gasteiger partial charge in [0.05, 0.1) is 10.0 Å². The fourth-order valence-corrected chi connectivity index (χ4v) is 2.04. The summed E-state index contributed by atoms with van der Waals surface area (Å²) in [6.07, 6.45) is 1.12. The Balaban J connectivity index is 0.00000289. The molecule has 0 heterocycles. The molecule has 96 valence electrons. The Morgan fingerprint density at radius 2 is 2.00 bits per heavy atom. The van der Waals surface area contributed by atoms with Crippen LogP contribution in [0.25, 0.3) is 4.72 Å². The summed E-state index contributed by atoms with van der Waals surface area (Å²) < 4.78 is 25.4. The molecule has 0 atom stereocenters. The Labute approximate surface area is 132 Å². The number of sulfonamides is 1. The minimum atomic E-state index is -3.22. The first kappa shape index (κ1) is 17.9. The molecular weight excluding hydrogens is 259 g/mol. The number of rotatable bonds is 6. The summed E-state index contributed by atoms with van der Waals surface area (Å²) in [6.45, 7) is 5.84. The summed E-state index contributed by atoms with van der Waals surface area (Å²) in [6, 6.07) is 8.15. The van der Waals surface area contributed by atoms with E-state index in [1.165, 1.54) is 5.56 Å². The van der Waals surface area contributed by atoms with Crippen molar-refractivity contribution in [1.82, 2.24) is 0 Å². The van der Waals surface area contributed by atoms with Crippen molar-refractivity contribution < 1.29 is 38.0 Å². The summed E-state index contributed by atoms with van der Waals surface area (Å²) in [5, 5.41) is 0. The van der Waals surface area contributed by atoms with Crippen LogP contribution in [0.5, 0.6) is 0 Å². The van der Waals surface area contributed by atoms with Crippen LogP contribution in [0.3, 0.4) is 0 Å². The molecule has 0 fully saturated rings. The summed E-state index contributed by atoms with van der Waals surface area (Å²) in [5.74, 6) is 0. The van der Waals surface area contributed by atoms with Crippen molar-refractivity contribution in [3.63, 3.8) is 0 Å². The molecule has 0 aromatic heterocycles. The number of anilines is 1. The van der Waals surface area contributed by atoms with E-state index in [9.17, 15) is 8.42 Å². The second-order valence-corrected chi connectivity index (χ2v) is 5.73. The smallest absolute Gasteiger partial charge is 0.548 e. The van der Waals surface area contributed by atoms with Gasteiger partial charge in [0.1, 0.15) is 0 Å². The summed E-state index contributed by atoms with van der Waals surface area (Å²) in [4.78, 5) is 2.11. The molecule has 0 saturated heterocycles. The van der Waals surface area contributed by atoms with Gasteiger partial charge in [0.2, 0.25) is 0 Å². The molecule has 4 nitrogen and oxygen atoms in total. The molecule has 0 amide bonds. The SMILES string of the molecule is CCN(CC[N-]S(C)(=O)=O)c1cccc(C)c1.[Na+]. The van der Waals surface area contributed by atoms with E-state index < -0.39 is 10.0 Å². The average molecular weight is 278 g/mol. The van der Waals surface area contributed by atoms with E-state index in [-0.39, 0.29) is 29.6 Å². The van der Waals surface area contributed by atoms with Crippen LogP contribution in [0.4, 0.5) is 5.69 Å². The third-order valence-electron chi connectivity index (χ3n) is 2.44. The van der Waals surface area contributed by atoms with E-state index in [0.29, 0.717) is 13.1 Å². The van der Waals surface area contributed by atoms with Crippen LogP contribution >= 0.6 is 0 Å². The first-order valence-corrected chi connectivity index (χ1v) is 7.47. The Kier molecular flexibility index (Phi) is 8.14. The van der Waals surface area contributed by atoms with Gasteiger partial charge in [-0.25, -0.2) is 8.42 Å². The van der Waals surface area contributed by atoms with Crippen molar-refractivity contribution in [2.24, 2.45) is 0 Å². The van der Waals surface area contributed by atoms with E-state index in [1.807, 2.05) is 32.0 Å². The van der Waals surface area contributed by atoms with E-state index >= 15 is 0 Å². The predicted octanol–water partition coefficient (Wildman–Crippen LogP) is -0.841. The van der Waals surface area contributed by atoms with Gasteiger partial charge in [-0.15, -0.1) is 6.54 Å². The quantitative estimate of drug-likeness (QED) is 0.638. The zero-order valence-corrected chi connectivity index (χ0v) is 14.4. The van der Waals surface area contributed by atoms with Crippen molar-refractivity contribution in [1.29, 1.82) is 0 Å². The fraction of sp³-hybridized carbons (Fsp3) is 0.500. The van der Waals surface area contributed by atoms with Gasteiger partial charge in [0.15, 0.2) is 0 Å². The van der Waals surface area contributed by atoms with Crippen LogP contribution in [0, 0.1) is 6.92 Å². The van der Waals surface area contributed by atoms with Crippen molar-refractivity contribution in [2.75, 3.05) is 30.8 Å². The molecule has 0 bridgehead atoms. The minimum absolute atomic E-state index is 0. The largest absolute Gasteiger partial charge is 1.00 e. The normalized spacial score (nSPS) is 10.8. The van der Waals surface area contributed by atoms with Gasteiger partial charge in [0, 0.05) is 18.5 Å². The van der Waals surface area contributed by atoms with Gasteiger partial charge in [-0.1, -0.05) is 12.1 Å². The van der Waals surface area contributed by atoms with Crippen molar-refractivity contribution in [2.45, 2.75) is 13.8 Å². The van der Waals surface area contributed by atoms with Gasteiger partial charge in [-0.2, -0.15) is 0 Å². The first-order chi connectivity index (χ1) is 7.92. The summed E-state index contributed by atoms with van der Waals surface area (Å²) in [7, 11) is -3.22. The first-order valence-electron chi connectivity index (χ1n) is 5.62. The van der Waals surface area contributed by atoms with Crippen molar-refractivity contribution in [3.05, 3.63) is 34.6 Å². The van der Waals surface area contributed by atoms with Gasteiger partial charge >= 0.3 is 29.6 Å². The predicted molar refractivity (Wildman–Crippen MR) is 72.1 cm³/mol. The van der Waals surface area contributed by atoms with Crippen LogP contribution < -0.4 is 34.5 Å². The Morgan fingerprint density at radius 3 is 2.50 bits per heavy atom. The van der Waals surface area contributed by atoms with Gasteiger partial charge < -0.3 is 9.62 Å². The van der Waals surface area contributed by atoms with Gasteiger partial charge in [-0.05, 0) is 38.1 Å². The molecule has 0 saturated carbocycles. The van der Waals surface area contributed by atoms with Crippen LogP contribution in [-0.2, 0) is 10.0 Å². The number of nitrogens with zero attached hydrogens (tertiary/aromatic N) is 2. The number of aryl methyl sites for hydroxylation is 1. The van der Waals surface area contributed by atoms with E-state index in [0.717, 1.165) is 18.5 Å². The molecule has 0 radical (unpaired) electrons. The topological polar surface area (TPSA) is 51.5 Å². The molecular formula is C12H19N2NaO2S. The second-order valence-electron chi connectivity index (χ2n) is 4.00. The molecule has 0 aliphatic heterocycles. The average Bonchev–Trinajstić information content (AvgIpc) is 2.23. The maximum atomic E-state index is 10.9. The molecule has 1 aromatic rings. The molecule has 1 aromatic carbocycles. The van der Waals surface area contributed by atoms with Crippen LogP contribution in [0.15, 0.2) is 24.3 Å². The second kappa shape index (κ2) is 8.17. The van der Waals surface area contributed by atoms with Crippen molar-refractivity contribution in [3.8, 4) is 0 Å². The third kappa shape index (κ3) is 6.75. The zero-order chi connectivity index (χ0) is 12.9. The van der Waals surface area contributed by atoms with Gasteiger partial charge in [-0.3, -0.25) is 0 Å². The zero-order valence-electron chi connectivity index (χ0n) is 11.5. The molecule has 18 heavy (non-hydrogen) atoms. The number of hydrogen-bond donors (Lipinski definition) is 0. The monoisotopic (exact) mass is 278 g/mol. The minimum Gasteiger partial charge on any atom is -0.548 e. The number of hydrogen-bond acceptors (Lipinski definition) is 3. The van der Waals surface area contributed by atoms with E-state index in [1.54, 1.807) is 0 Å². The van der Waals surface area contributed by atoms with E-state index in [4.69, 9.17) is 0 Å². The van der Waals surface area contributed by atoms with Crippen LogP contribution in [0.2, 0.25) is 0 Å². The molecule has 0 unspecified atom stereocenters. The molecule has 0 aliphatic carbocycles. The van der Waals surface area contributed by atoms with Crippen molar-refractivity contribution >= 4 is 15.7 Å². The molecule has 1 rings (SSSR count). The standard InChI is InChI=1S/C12H19N2O2S.Na/c1-4-14(9-8-13-17(3,15)16)12-7-5-6-11(2)10-12;/h5-7,10H,4,8-9H2,1-3H3;/q-1;+1. The summed E-state index contributed by atoms with van der Waals surface area (Å²) >= 11 is 0. The third-order valence-corrected chi connectivity index (χ3v) is 3.10. The molecule has 0 spiro atoms. The maximum absolute atomic E-state index is 10.9. The number of benzene rings is 1. The van der Waals surface area contributed by atoms with Crippen LogP contribution in [0.1, 0.15) is 12.5 Å². The molecule has 0 aliphatic rings. The molecule has 0 N–H and O–H groups in total. The Morgan fingerprint density at radius 1 is 1.33 bits per heavy atom. The molecule has 6 heteroatoms. The summed E-state index contributed by atoms with van der Waals surface area (Å²) in [5.41, 5.74) is 2.30. The van der Waals surface area contributed by atoms with Crippen LogP contribution in [-0.4, -0.2) is 34.3 Å². The number of likely N-dealkylation sites (N-methyl/N-ethyl adjacent to an activating group) is 1. The van der Waals surface area contributed by atoms with E-state index in [2.05, 4.69) is 15.7 Å².